The highest BCUT2D eigenvalue weighted by Gasteiger charge is 2.07. The largest absolute Gasteiger partial charge is 0.492 e. The fourth-order valence-electron chi connectivity index (χ4n) is 1.60. The van der Waals surface area contributed by atoms with Gasteiger partial charge in [0.25, 0.3) is 0 Å². The zero-order valence-electron chi connectivity index (χ0n) is 8.87. The Labute approximate surface area is 92.6 Å². The van der Waals surface area contributed by atoms with Gasteiger partial charge in [0.05, 0.1) is 6.33 Å². The van der Waals surface area contributed by atoms with Gasteiger partial charge >= 0.3 is 0 Å². The molecule has 16 heavy (non-hydrogen) atoms. The normalized spacial score (nSPS) is 11.1. The first-order chi connectivity index (χ1) is 7.83. The molecule has 0 saturated heterocycles. The van der Waals surface area contributed by atoms with E-state index in [1.54, 1.807) is 6.33 Å². The van der Waals surface area contributed by atoms with Crippen LogP contribution in [0, 0.1) is 0 Å². The summed E-state index contributed by atoms with van der Waals surface area (Å²) in [6.45, 7) is 1.01. The van der Waals surface area contributed by atoms with Gasteiger partial charge in [0, 0.05) is 13.2 Å². The van der Waals surface area contributed by atoms with Crippen molar-refractivity contribution in [2.75, 3.05) is 6.61 Å². The van der Waals surface area contributed by atoms with Gasteiger partial charge < -0.3 is 14.8 Å². The molecular weight excluding hydrogens is 208 g/mol. The Kier molecular flexibility index (Phi) is 3.31. The average molecular weight is 222 g/mol. The molecule has 2 heterocycles. The summed E-state index contributed by atoms with van der Waals surface area (Å²) >= 11 is 0. The van der Waals surface area contributed by atoms with Crippen LogP contribution >= 0.6 is 0 Å². The molecule has 0 amide bonds. The standard InChI is InChI=1S/C10H14N4O2/c15-5-3-1-2-4-14-7-13-8-9(14)11-6-12-10(8)16/h6-7,15H,1-5H2,(H,11,12,16). The zero-order chi connectivity index (χ0) is 11.4. The highest BCUT2D eigenvalue weighted by Crippen LogP contribution is 2.17. The Hall–Kier alpha value is -1.69. The second-order valence-corrected chi connectivity index (χ2v) is 3.59. The van der Waals surface area contributed by atoms with Gasteiger partial charge in [-0.1, -0.05) is 0 Å². The number of aliphatic hydroxyl groups excluding tert-OH is 1. The van der Waals surface area contributed by atoms with Crippen molar-refractivity contribution in [2.45, 2.75) is 25.8 Å². The topological polar surface area (TPSA) is 84.1 Å². The molecule has 0 aliphatic rings. The van der Waals surface area contributed by atoms with E-state index in [1.807, 2.05) is 4.57 Å². The minimum absolute atomic E-state index is 0.0842. The van der Waals surface area contributed by atoms with Crippen LogP contribution in [0.15, 0.2) is 12.7 Å². The Balaban J connectivity index is 2.10. The number of nitrogens with zero attached hydrogens (tertiary/aromatic N) is 4. The molecule has 0 aliphatic carbocycles. The summed E-state index contributed by atoms with van der Waals surface area (Å²) in [5.74, 6) is -0.0842. The summed E-state index contributed by atoms with van der Waals surface area (Å²) < 4.78 is 1.88. The summed E-state index contributed by atoms with van der Waals surface area (Å²) in [5.41, 5.74) is 1.08. The number of unbranched alkanes of at least 4 members (excludes halogenated alkanes) is 2. The third kappa shape index (κ3) is 2.11. The summed E-state index contributed by atoms with van der Waals surface area (Å²) in [6.07, 6.45) is 5.71. The number of aromatic hydroxyl groups is 1. The number of aryl methyl sites for hydroxylation is 1. The van der Waals surface area contributed by atoms with Crippen LogP contribution in [0.4, 0.5) is 0 Å². The molecule has 0 fully saturated rings. The lowest BCUT2D eigenvalue weighted by molar-refractivity contribution is 0.282. The SMILES string of the molecule is OCCCCCn1cnc2c(O)ncnc21. The van der Waals surface area contributed by atoms with Gasteiger partial charge in [-0.15, -0.1) is 0 Å². The van der Waals surface area contributed by atoms with Gasteiger partial charge in [-0.3, -0.25) is 0 Å². The molecule has 6 nitrogen and oxygen atoms in total. The van der Waals surface area contributed by atoms with Gasteiger partial charge in [-0.2, -0.15) is 4.98 Å². The minimum Gasteiger partial charge on any atom is -0.492 e. The molecule has 2 rings (SSSR count). The number of aromatic nitrogens is 4. The smallest absolute Gasteiger partial charge is 0.242 e. The number of hydrogen-bond donors (Lipinski definition) is 2. The molecule has 0 saturated carbocycles. The van der Waals surface area contributed by atoms with E-state index < -0.39 is 0 Å². The Morgan fingerprint density at radius 3 is 2.81 bits per heavy atom. The molecular formula is C10H14N4O2. The fraction of sp³-hybridized carbons (Fsp3) is 0.500. The minimum atomic E-state index is -0.0842. The maximum absolute atomic E-state index is 9.43. The third-order valence-corrected chi connectivity index (χ3v) is 2.44. The van der Waals surface area contributed by atoms with E-state index in [0.717, 1.165) is 25.8 Å². The highest BCUT2D eigenvalue weighted by molar-refractivity contribution is 5.75. The van der Waals surface area contributed by atoms with E-state index in [9.17, 15) is 5.11 Å². The Morgan fingerprint density at radius 2 is 2.00 bits per heavy atom. The van der Waals surface area contributed by atoms with Gasteiger partial charge in [0.1, 0.15) is 6.33 Å². The molecule has 2 N–H and O–H groups in total. The molecule has 0 radical (unpaired) electrons. The quantitative estimate of drug-likeness (QED) is 0.727. The molecule has 0 aliphatic heterocycles. The molecule has 0 bridgehead atoms. The first kappa shape index (κ1) is 10.8. The van der Waals surface area contributed by atoms with Crippen LogP contribution < -0.4 is 0 Å². The van der Waals surface area contributed by atoms with E-state index >= 15 is 0 Å². The van der Waals surface area contributed by atoms with Crippen LogP contribution in [0.25, 0.3) is 11.2 Å². The van der Waals surface area contributed by atoms with Crippen LogP contribution in [-0.4, -0.2) is 36.3 Å². The molecule has 0 spiro atoms. The summed E-state index contributed by atoms with van der Waals surface area (Å²) in [5, 5.41) is 18.1. The van der Waals surface area contributed by atoms with Crippen molar-refractivity contribution in [3.8, 4) is 5.88 Å². The lowest BCUT2D eigenvalue weighted by Crippen LogP contribution is -1.98. The van der Waals surface area contributed by atoms with E-state index in [2.05, 4.69) is 15.0 Å². The summed E-state index contributed by atoms with van der Waals surface area (Å²) in [7, 11) is 0. The van der Waals surface area contributed by atoms with Gasteiger partial charge in [0.2, 0.25) is 5.88 Å². The van der Waals surface area contributed by atoms with Crippen LogP contribution in [0.3, 0.4) is 0 Å². The first-order valence-corrected chi connectivity index (χ1v) is 5.28. The molecule has 86 valence electrons. The number of aliphatic hydroxyl groups is 1. The predicted octanol–water partition coefficient (Wildman–Crippen LogP) is 0.694. The Bertz CT molecular complexity index is 469. The lowest BCUT2D eigenvalue weighted by atomic mass is 10.2. The highest BCUT2D eigenvalue weighted by atomic mass is 16.3. The number of hydrogen-bond acceptors (Lipinski definition) is 5. The van der Waals surface area contributed by atoms with Crippen molar-refractivity contribution >= 4 is 11.2 Å². The molecule has 0 atom stereocenters. The van der Waals surface area contributed by atoms with Gasteiger partial charge in [-0.05, 0) is 19.3 Å². The second kappa shape index (κ2) is 4.89. The number of imidazole rings is 1. The average Bonchev–Trinajstić information content (AvgIpc) is 2.70. The third-order valence-electron chi connectivity index (χ3n) is 2.44. The van der Waals surface area contributed by atoms with Crippen molar-refractivity contribution in [2.24, 2.45) is 0 Å². The Morgan fingerprint density at radius 1 is 1.12 bits per heavy atom. The summed E-state index contributed by atoms with van der Waals surface area (Å²) in [4.78, 5) is 11.8. The van der Waals surface area contributed by atoms with Gasteiger partial charge in [0.15, 0.2) is 11.2 Å². The number of fused-ring (bicyclic) bond motifs is 1. The fourth-order valence-corrected chi connectivity index (χ4v) is 1.60. The van der Waals surface area contributed by atoms with Gasteiger partial charge in [-0.25, -0.2) is 9.97 Å². The monoisotopic (exact) mass is 222 g/mol. The lowest BCUT2D eigenvalue weighted by Gasteiger charge is -2.02. The maximum Gasteiger partial charge on any atom is 0.242 e. The van der Waals surface area contributed by atoms with Crippen molar-refractivity contribution in [1.29, 1.82) is 0 Å². The van der Waals surface area contributed by atoms with Crippen LogP contribution in [0.2, 0.25) is 0 Å². The van der Waals surface area contributed by atoms with Crippen molar-refractivity contribution in [1.82, 2.24) is 19.5 Å². The molecule has 2 aromatic rings. The van der Waals surface area contributed by atoms with Crippen LogP contribution in [0.1, 0.15) is 19.3 Å². The van der Waals surface area contributed by atoms with E-state index in [0.29, 0.717) is 11.2 Å². The first-order valence-electron chi connectivity index (χ1n) is 5.28. The van der Waals surface area contributed by atoms with E-state index in [-0.39, 0.29) is 12.5 Å². The molecule has 0 unspecified atom stereocenters. The molecule has 2 aromatic heterocycles. The van der Waals surface area contributed by atoms with Crippen molar-refractivity contribution in [3.63, 3.8) is 0 Å². The van der Waals surface area contributed by atoms with Crippen molar-refractivity contribution < 1.29 is 10.2 Å². The van der Waals surface area contributed by atoms with E-state index in [1.165, 1.54) is 6.33 Å². The van der Waals surface area contributed by atoms with Crippen LogP contribution in [-0.2, 0) is 6.54 Å². The summed E-state index contributed by atoms with van der Waals surface area (Å²) in [6, 6.07) is 0. The molecule has 6 heteroatoms. The zero-order valence-corrected chi connectivity index (χ0v) is 8.87. The van der Waals surface area contributed by atoms with Crippen molar-refractivity contribution in [3.05, 3.63) is 12.7 Å². The van der Waals surface area contributed by atoms with Crippen LogP contribution in [0.5, 0.6) is 5.88 Å². The maximum atomic E-state index is 9.43. The number of rotatable bonds is 5. The van der Waals surface area contributed by atoms with E-state index in [4.69, 9.17) is 5.11 Å². The second-order valence-electron chi connectivity index (χ2n) is 3.59. The predicted molar refractivity (Wildman–Crippen MR) is 57.9 cm³/mol. The molecule has 0 aromatic carbocycles.